The van der Waals surface area contributed by atoms with Crippen LogP contribution in [0.15, 0.2) is 30.3 Å². The molecule has 0 heterocycles. The quantitative estimate of drug-likeness (QED) is 0.854. The first-order chi connectivity index (χ1) is 9.14. The molecule has 1 saturated carbocycles. The van der Waals surface area contributed by atoms with Crippen LogP contribution in [0.1, 0.15) is 38.2 Å². The molecule has 3 heteroatoms. The summed E-state index contributed by atoms with van der Waals surface area (Å²) in [5.74, 6) is 0.0972. The SMILES string of the molecule is CC1(C(=O)N[C@H](CO)Cc2ccccc2)CCCC1. The lowest BCUT2D eigenvalue weighted by Crippen LogP contribution is -2.45. The van der Waals surface area contributed by atoms with E-state index in [0.717, 1.165) is 31.2 Å². The van der Waals surface area contributed by atoms with Crippen molar-refractivity contribution in [2.75, 3.05) is 6.61 Å². The molecule has 1 aliphatic carbocycles. The molecule has 2 rings (SSSR count). The minimum absolute atomic E-state index is 0.0171. The van der Waals surface area contributed by atoms with E-state index in [4.69, 9.17) is 0 Å². The molecule has 1 aromatic carbocycles. The molecule has 0 aliphatic heterocycles. The summed E-state index contributed by atoms with van der Waals surface area (Å²) >= 11 is 0. The lowest BCUT2D eigenvalue weighted by atomic mass is 9.87. The van der Waals surface area contributed by atoms with E-state index < -0.39 is 0 Å². The van der Waals surface area contributed by atoms with Gasteiger partial charge in [0.15, 0.2) is 0 Å². The van der Waals surface area contributed by atoms with Gasteiger partial charge in [-0.05, 0) is 24.8 Å². The molecule has 104 valence electrons. The molecular formula is C16H23NO2. The molecule has 0 spiro atoms. The minimum atomic E-state index is -0.232. The fraction of sp³-hybridized carbons (Fsp3) is 0.562. The maximum absolute atomic E-state index is 12.3. The van der Waals surface area contributed by atoms with E-state index in [1.165, 1.54) is 0 Å². The summed E-state index contributed by atoms with van der Waals surface area (Å²) in [6.07, 6.45) is 4.86. The van der Waals surface area contributed by atoms with Crippen molar-refractivity contribution in [1.29, 1.82) is 0 Å². The van der Waals surface area contributed by atoms with Crippen LogP contribution in [-0.2, 0) is 11.2 Å². The first-order valence-corrected chi connectivity index (χ1v) is 7.10. The van der Waals surface area contributed by atoms with E-state index in [1.54, 1.807) is 0 Å². The van der Waals surface area contributed by atoms with Gasteiger partial charge in [0.25, 0.3) is 0 Å². The third-order valence-electron chi connectivity index (χ3n) is 4.14. The lowest BCUT2D eigenvalue weighted by molar-refractivity contribution is -0.131. The van der Waals surface area contributed by atoms with Gasteiger partial charge < -0.3 is 10.4 Å². The predicted molar refractivity (Wildman–Crippen MR) is 75.7 cm³/mol. The van der Waals surface area contributed by atoms with Crippen LogP contribution in [0.2, 0.25) is 0 Å². The zero-order chi connectivity index (χ0) is 13.7. The Morgan fingerprint density at radius 2 is 1.95 bits per heavy atom. The molecule has 1 aliphatic rings. The summed E-state index contributed by atoms with van der Waals surface area (Å²) in [5.41, 5.74) is 0.905. The Labute approximate surface area is 115 Å². The highest BCUT2D eigenvalue weighted by Gasteiger charge is 2.36. The molecule has 2 N–H and O–H groups in total. The Morgan fingerprint density at radius 1 is 1.32 bits per heavy atom. The molecule has 3 nitrogen and oxygen atoms in total. The third kappa shape index (κ3) is 3.57. The monoisotopic (exact) mass is 261 g/mol. The van der Waals surface area contributed by atoms with Crippen molar-refractivity contribution in [3.8, 4) is 0 Å². The standard InChI is InChI=1S/C16H23NO2/c1-16(9-5-6-10-16)15(19)17-14(12-18)11-13-7-3-2-4-8-13/h2-4,7-8,14,18H,5-6,9-12H2,1H3,(H,17,19)/t14-/m0/s1. The van der Waals surface area contributed by atoms with Crippen molar-refractivity contribution in [3.63, 3.8) is 0 Å². The second kappa shape index (κ2) is 6.20. The fourth-order valence-corrected chi connectivity index (χ4v) is 2.80. The molecule has 1 fully saturated rings. The summed E-state index contributed by atoms with van der Waals surface area (Å²) in [5, 5.41) is 12.5. The van der Waals surface area contributed by atoms with Gasteiger partial charge in [0.1, 0.15) is 0 Å². The smallest absolute Gasteiger partial charge is 0.226 e. The van der Waals surface area contributed by atoms with E-state index in [9.17, 15) is 9.90 Å². The van der Waals surface area contributed by atoms with Crippen LogP contribution in [0.25, 0.3) is 0 Å². The summed E-state index contributed by atoms with van der Waals surface area (Å²) in [6.45, 7) is 2.02. The lowest BCUT2D eigenvalue weighted by Gasteiger charge is -2.26. The highest BCUT2D eigenvalue weighted by molar-refractivity contribution is 5.82. The van der Waals surface area contributed by atoms with E-state index in [1.807, 2.05) is 37.3 Å². The average molecular weight is 261 g/mol. The van der Waals surface area contributed by atoms with E-state index >= 15 is 0 Å². The predicted octanol–water partition coefficient (Wildman–Crippen LogP) is 2.29. The van der Waals surface area contributed by atoms with Gasteiger partial charge in [0.05, 0.1) is 12.6 Å². The maximum atomic E-state index is 12.3. The minimum Gasteiger partial charge on any atom is -0.394 e. The Morgan fingerprint density at radius 3 is 2.53 bits per heavy atom. The molecule has 0 unspecified atom stereocenters. The van der Waals surface area contributed by atoms with Gasteiger partial charge in [0.2, 0.25) is 5.91 Å². The van der Waals surface area contributed by atoms with E-state index in [2.05, 4.69) is 5.32 Å². The molecule has 0 saturated heterocycles. The van der Waals surface area contributed by atoms with Crippen molar-refractivity contribution in [2.24, 2.45) is 5.41 Å². The Hall–Kier alpha value is -1.35. The van der Waals surface area contributed by atoms with Gasteiger partial charge in [-0.1, -0.05) is 50.1 Å². The number of hydrogen-bond donors (Lipinski definition) is 2. The van der Waals surface area contributed by atoms with E-state index in [0.29, 0.717) is 6.42 Å². The van der Waals surface area contributed by atoms with Crippen LogP contribution in [0.5, 0.6) is 0 Å². The third-order valence-corrected chi connectivity index (χ3v) is 4.14. The molecule has 0 aromatic heterocycles. The number of hydrogen-bond acceptors (Lipinski definition) is 2. The number of aliphatic hydroxyl groups excluding tert-OH is 1. The topological polar surface area (TPSA) is 49.3 Å². The van der Waals surface area contributed by atoms with Crippen LogP contribution in [0.4, 0.5) is 0 Å². The van der Waals surface area contributed by atoms with Crippen LogP contribution in [0.3, 0.4) is 0 Å². The molecule has 1 amide bonds. The number of benzene rings is 1. The maximum Gasteiger partial charge on any atom is 0.226 e. The highest BCUT2D eigenvalue weighted by Crippen LogP contribution is 2.37. The normalized spacial score (nSPS) is 19.1. The first-order valence-electron chi connectivity index (χ1n) is 7.10. The molecule has 19 heavy (non-hydrogen) atoms. The van der Waals surface area contributed by atoms with Gasteiger partial charge in [-0.25, -0.2) is 0 Å². The fourth-order valence-electron chi connectivity index (χ4n) is 2.80. The second-order valence-electron chi connectivity index (χ2n) is 5.81. The van der Waals surface area contributed by atoms with Crippen molar-refractivity contribution >= 4 is 5.91 Å². The summed E-state index contributed by atoms with van der Waals surface area (Å²) in [7, 11) is 0. The Balaban J connectivity index is 1.94. The molecule has 0 bridgehead atoms. The highest BCUT2D eigenvalue weighted by atomic mass is 16.3. The summed E-state index contributed by atoms with van der Waals surface area (Å²) in [4.78, 5) is 12.3. The number of amides is 1. The van der Waals surface area contributed by atoms with Crippen LogP contribution < -0.4 is 5.32 Å². The number of nitrogens with one attached hydrogen (secondary N) is 1. The van der Waals surface area contributed by atoms with Crippen LogP contribution in [-0.4, -0.2) is 23.7 Å². The number of rotatable bonds is 5. The number of carbonyl (C=O) groups excluding carboxylic acids is 1. The summed E-state index contributed by atoms with van der Waals surface area (Å²) < 4.78 is 0. The largest absolute Gasteiger partial charge is 0.394 e. The van der Waals surface area contributed by atoms with Gasteiger partial charge >= 0.3 is 0 Å². The van der Waals surface area contributed by atoms with Crippen LogP contribution >= 0.6 is 0 Å². The average Bonchev–Trinajstić information content (AvgIpc) is 2.87. The zero-order valence-corrected chi connectivity index (χ0v) is 11.6. The van der Waals surface area contributed by atoms with Gasteiger partial charge in [-0.15, -0.1) is 0 Å². The van der Waals surface area contributed by atoms with Crippen LogP contribution in [0, 0.1) is 5.41 Å². The van der Waals surface area contributed by atoms with Gasteiger partial charge in [0, 0.05) is 5.41 Å². The summed E-state index contributed by atoms with van der Waals surface area (Å²) in [6, 6.07) is 9.77. The Bertz CT molecular complexity index is 410. The molecular weight excluding hydrogens is 238 g/mol. The molecule has 0 radical (unpaired) electrons. The number of carbonyl (C=O) groups is 1. The van der Waals surface area contributed by atoms with Crippen molar-refractivity contribution in [3.05, 3.63) is 35.9 Å². The number of aliphatic hydroxyl groups is 1. The van der Waals surface area contributed by atoms with Gasteiger partial charge in [-0.2, -0.15) is 0 Å². The van der Waals surface area contributed by atoms with Crippen molar-refractivity contribution in [1.82, 2.24) is 5.32 Å². The van der Waals surface area contributed by atoms with Crippen molar-refractivity contribution in [2.45, 2.75) is 45.1 Å². The van der Waals surface area contributed by atoms with Crippen molar-refractivity contribution < 1.29 is 9.90 Å². The van der Waals surface area contributed by atoms with Gasteiger partial charge in [-0.3, -0.25) is 4.79 Å². The van der Waals surface area contributed by atoms with E-state index in [-0.39, 0.29) is 24.0 Å². The molecule has 1 atom stereocenters. The molecule has 1 aromatic rings. The first kappa shape index (κ1) is 14.1. The second-order valence-corrected chi connectivity index (χ2v) is 5.81. The zero-order valence-electron chi connectivity index (χ0n) is 11.6. The Kier molecular flexibility index (Phi) is 4.59.